The topological polar surface area (TPSA) is 40.5 Å². The normalized spacial score (nSPS) is 19.6. The molecule has 1 heterocycles. The summed E-state index contributed by atoms with van der Waals surface area (Å²) in [4.78, 5) is 13.8. The lowest BCUT2D eigenvalue weighted by Crippen LogP contribution is -2.44. The van der Waals surface area contributed by atoms with Crippen LogP contribution in [-0.2, 0) is 4.79 Å². The van der Waals surface area contributed by atoms with Gasteiger partial charge in [-0.3, -0.25) is 4.79 Å². The van der Waals surface area contributed by atoms with Crippen LogP contribution in [0, 0.1) is 5.82 Å². The fourth-order valence-electron chi connectivity index (χ4n) is 2.38. The van der Waals surface area contributed by atoms with Crippen molar-refractivity contribution >= 4 is 27.9 Å². The summed E-state index contributed by atoms with van der Waals surface area (Å²) in [5.41, 5.74) is 0.366. The van der Waals surface area contributed by atoms with Crippen LogP contribution in [-0.4, -0.2) is 35.1 Å². The highest BCUT2D eigenvalue weighted by atomic mass is 79.9. The number of halogens is 2. The van der Waals surface area contributed by atoms with Crippen molar-refractivity contribution in [2.45, 2.75) is 25.3 Å². The number of hydrogen-bond acceptors (Lipinski definition) is 2. The number of aliphatic hydroxyl groups excluding tert-OH is 1. The van der Waals surface area contributed by atoms with E-state index in [2.05, 4.69) is 15.9 Å². The summed E-state index contributed by atoms with van der Waals surface area (Å²) in [5.74, 6) is -0.544. The van der Waals surface area contributed by atoms with Crippen LogP contribution >= 0.6 is 15.9 Å². The summed E-state index contributed by atoms with van der Waals surface area (Å²) in [6.45, 7) is 0.625. The Morgan fingerprint density at radius 2 is 2.30 bits per heavy atom. The molecule has 2 rings (SSSR count). The van der Waals surface area contributed by atoms with E-state index < -0.39 is 0 Å². The van der Waals surface area contributed by atoms with Crippen molar-refractivity contribution in [1.82, 2.24) is 4.90 Å². The van der Waals surface area contributed by atoms with E-state index in [4.69, 9.17) is 0 Å². The van der Waals surface area contributed by atoms with Crippen LogP contribution in [0.25, 0.3) is 6.08 Å². The van der Waals surface area contributed by atoms with Crippen LogP contribution in [0.3, 0.4) is 0 Å². The van der Waals surface area contributed by atoms with E-state index in [0.717, 1.165) is 23.7 Å². The number of benzene rings is 1. The Morgan fingerprint density at radius 1 is 1.50 bits per heavy atom. The number of likely N-dealkylation sites (tertiary alicyclic amines) is 1. The van der Waals surface area contributed by atoms with Crippen LogP contribution in [0.1, 0.15) is 24.8 Å². The van der Waals surface area contributed by atoms with Gasteiger partial charge in [-0.1, -0.05) is 15.9 Å². The molecule has 108 valence electrons. The second-order valence-electron chi connectivity index (χ2n) is 4.86. The molecule has 0 aliphatic carbocycles. The third-order valence-corrected chi connectivity index (χ3v) is 3.98. The molecule has 0 bridgehead atoms. The number of piperidine rings is 1. The van der Waals surface area contributed by atoms with Crippen LogP contribution in [0.4, 0.5) is 4.39 Å². The molecular weight excluding hydrogens is 325 g/mol. The van der Waals surface area contributed by atoms with Crippen molar-refractivity contribution in [3.8, 4) is 0 Å². The van der Waals surface area contributed by atoms with Gasteiger partial charge < -0.3 is 10.0 Å². The molecule has 1 aromatic rings. The number of amides is 1. The zero-order valence-corrected chi connectivity index (χ0v) is 12.6. The molecule has 1 unspecified atom stereocenters. The first-order chi connectivity index (χ1) is 9.61. The van der Waals surface area contributed by atoms with Gasteiger partial charge in [-0.05, 0) is 43.5 Å². The first kappa shape index (κ1) is 15.2. The average molecular weight is 342 g/mol. The van der Waals surface area contributed by atoms with Crippen molar-refractivity contribution in [2.24, 2.45) is 0 Å². The van der Waals surface area contributed by atoms with E-state index in [1.165, 1.54) is 18.2 Å². The second-order valence-corrected chi connectivity index (χ2v) is 5.78. The van der Waals surface area contributed by atoms with Crippen LogP contribution in [0.5, 0.6) is 0 Å². The molecule has 1 saturated heterocycles. The fourth-order valence-corrected chi connectivity index (χ4v) is 2.76. The first-order valence-corrected chi connectivity index (χ1v) is 7.45. The minimum atomic E-state index is -0.366. The molecule has 1 atom stereocenters. The molecule has 0 aromatic heterocycles. The highest BCUT2D eigenvalue weighted by Gasteiger charge is 2.24. The van der Waals surface area contributed by atoms with Crippen molar-refractivity contribution in [3.63, 3.8) is 0 Å². The average Bonchev–Trinajstić information content (AvgIpc) is 2.47. The molecule has 0 spiro atoms. The van der Waals surface area contributed by atoms with Gasteiger partial charge in [0.05, 0.1) is 12.6 Å². The lowest BCUT2D eigenvalue weighted by atomic mass is 10.0. The molecule has 0 radical (unpaired) electrons. The molecule has 1 fully saturated rings. The smallest absolute Gasteiger partial charge is 0.246 e. The molecular formula is C15H17BrFNO2. The van der Waals surface area contributed by atoms with Gasteiger partial charge in [-0.15, -0.1) is 0 Å². The molecule has 3 nitrogen and oxygen atoms in total. The monoisotopic (exact) mass is 341 g/mol. The van der Waals surface area contributed by atoms with Crippen molar-refractivity contribution in [1.29, 1.82) is 0 Å². The standard InChI is InChI=1S/C15H17BrFNO2/c16-12-5-6-14(17)11(9-12)4-7-15(20)18-8-2-1-3-13(18)10-19/h4-7,9,13,19H,1-3,8,10H2/b7-4+. The summed E-state index contributed by atoms with van der Waals surface area (Å²) >= 11 is 3.27. The van der Waals surface area contributed by atoms with E-state index in [9.17, 15) is 14.3 Å². The molecule has 20 heavy (non-hydrogen) atoms. The number of carbonyl (C=O) groups is 1. The lowest BCUT2D eigenvalue weighted by molar-refractivity contribution is -0.130. The molecule has 0 saturated carbocycles. The Hall–Kier alpha value is -1.20. The van der Waals surface area contributed by atoms with Crippen LogP contribution < -0.4 is 0 Å². The minimum Gasteiger partial charge on any atom is -0.394 e. The summed E-state index contributed by atoms with van der Waals surface area (Å²) in [6, 6.07) is 4.47. The second kappa shape index (κ2) is 6.99. The molecule has 1 N–H and O–H groups in total. The predicted molar refractivity (Wildman–Crippen MR) is 79.6 cm³/mol. The summed E-state index contributed by atoms with van der Waals surface area (Å²) in [5, 5.41) is 9.29. The number of nitrogens with zero attached hydrogens (tertiary/aromatic N) is 1. The summed E-state index contributed by atoms with van der Waals surface area (Å²) in [6.07, 6.45) is 5.64. The largest absolute Gasteiger partial charge is 0.394 e. The number of hydrogen-bond donors (Lipinski definition) is 1. The van der Waals surface area contributed by atoms with Gasteiger partial charge >= 0.3 is 0 Å². The SMILES string of the molecule is O=C(/C=C/c1cc(Br)ccc1F)N1CCCCC1CO. The van der Waals surface area contributed by atoms with Crippen molar-refractivity contribution in [3.05, 3.63) is 40.1 Å². The van der Waals surface area contributed by atoms with Gasteiger partial charge in [0.25, 0.3) is 0 Å². The van der Waals surface area contributed by atoms with Crippen LogP contribution in [0.15, 0.2) is 28.7 Å². The van der Waals surface area contributed by atoms with Crippen LogP contribution in [0.2, 0.25) is 0 Å². The summed E-state index contributed by atoms with van der Waals surface area (Å²) < 4.78 is 14.3. The number of aliphatic hydroxyl groups is 1. The minimum absolute atomic E-state index is 0.0230. The Kier molecular flexibility index (Phi) is 5.31. The number of carbonyl (C=O) groups excluding carboxylic acids is 1. The molecule has 1 aliphatic rings. The van der Waals surface area contributed by atoms with Gasteiger partial charge in [-0.2, -0.15) is 0 Å². The van der Waals surface area contributed by atoms with Gasteiger partial charge in [0.1, 0.15) is 5.82 Å². The van der Waals surface area contributed by atoms with Gasteiger partial charge in [0, 0.05) is 22.7 Å². The van der Waals surface area contributed by atoms with Crippen molar-refractivity contribution < 1.29 is 14.3 Å². The zero-order valence-electron chi connectivity index (χ0n) is 11.1. The van der Waals surface area contributed by atoms with Gasteiger partial charge in [0.2, 0.25) is 5.91 Å². The van der Waals surface area contributed by atoms with E-state index in [-0.39, 0.29) is 24.4 Å². The third-order valence-electron chi connectivity index (χ3n) is 3.48. The Labute approximate surface area is 126 Å². The third kappa shape index (κ3) is 3.67. The maximum Gasteiger partial charge on any atom is 0.246 e. The quantitative estimate of drug-likeness (QED) is 0.858. The van der Waals surface area contributed by atoms with E-state index in [1.54, 1.807) is 17.0 Å². The Bertz CT molecular complexity index is 519. The molecule has 1 aliphatic heterocycles. The maximum atomic E-state index is 13.6. The fraction of sp³-hybridized carbons (Fsp3) is 0.400. The van der Waals surface area contributed by atoms with E-state index >= 15 is 0 Å². The lowest BCUT2D eigenvalue weighted by Gasteiger charge is -2.33. The van der Waals surface area contributed by atoms with E-state index in [1.807, 2.05) is 0 Å². The Morgan fingerprint density at radius 3 is 3.05 bits per heavy atom. The highest BCUT2D eigenvalue weighted by molar-refractivity contribution is 9.10. The Balaban J connectivity index is 2.10. The first-order valence-electron chi connectivity index (χ1n) is 6.66. The van der Waals surface area contributed by atoms with E-state index in [0.29, 0.717) is 12.1 Å². The van der Waals surface area contributed by atoms with Crippen molar-refractivity contribution in [2.75, 3.05) is 13.2 Å². The predicted octanol–water partition coefficient (Wildman–Crippen LogP) is 2.97. The molecule has 5 heteroatoms. The maximum absolute atomic E-state index is 13.6. The number of rotatable bonds is 3. The van der Waals surface area contributed by atoms with Gasteiger partial charge in [-0.25, -0.2) is 4.39 Å². The zero-order chi connectivity index (χ0) is 14.5. The van der Waals surface area contributed by atoms with Gasteiger partial charge in [0.15, 0.2) is 0 Å². The molecule has 1 aromatic carbocycles. The highest BCUT2D eigenvalue weighted by Crippen LogP contribution is 2.19. The molecule has 1 amide bonds. The summed E-state index contributed by atoms with van der Waals surface area (Å²) in [7, 11) is 0.